The number of rotatable bonds is 3. The summed E-state index contributed by atoms with van der Waals surface area (Å²) in [6.45, 7) is 10.4. The Bertz CT molecular complexity index is 330. The van der Waals surface area contributed by atoms with Gasteiger partial charge in [-0.15, -0.1) is 6.58 Å². The number of ether oxygens (including phenoxy) is 1. The van der Waals surface area contributed by atoms with Crippen molar-refractivity contribution in [2.24, 2.45) is 0 Å². The number of hydrogen-bond donors (Lipinski definition) is 2. The molecule has 102 valence electrons. The molecule has 6 nitrogen and oxygen atoms in total. The summed E-state index contributed by atoms with van der Waals surface area (Å²) in [4.78, 5) is 24.5. The number of nitrogens with zero attached hydrogens (tertiary/aromatic N) is 1. The zero-order valence-corrected chi connectivity index (χ0v) is 11.2. The molecule has 0 spiro atoms. The van der Waals surface area contributed by atoms with Gasteiger partial charge in [0.15, 0.2) is 0 Å². The van der Waals surface area contributed by atoms with E-state index in [9.17, 15) is 9.59 Å². The zero-order valence-electron chi connectivity index (χ0n) is 11.2. The van der Waals surface area contributed by atoms with Crippen LogP contribution in [0.1, 0.15) is 20.8 Å². The minimum Gasteiger partial charge on any atom is -0.444 e. The molecule has 1 rings (SSSR count). The van der Waals surface area contributed by atoms with Gasteiger partial charge in [-0.3, -0.25) is 0 Å². The molecule has 0 aromatic rings. The highest BCUT2D eigenvalue weighted by Gasteiger charge is 2.34. The molecule has 0 aromatic carbocycles. The Hall–Kier alpha value is -1.72. The van der Waals surface area contributed by atoms with Crippen LogP contribution in [-0.4, -0.2) is 48.3 Å². The van der Waals surface area contributed by atoms with Gasteiger partial charge in [-0.05, 0) is 20.8 Å². The van der Waals surface area contributed by atoms with E-state index >= 15 is 0 Å². The van der Waals surface area contributed by atoms with Crippen molar-refractivity contribution in [1.82, 2.24) is 15.5 Å². The van der Waals surface area contributed by atoms with E-state index < -0.39 is 5.60 Å². The molecule has 18 heavy (non-hydrogen) atoms. The van der Waals surface area contributed by atoms with Gasteiger partial charge >= 0.3 is 12.1 Å². The Morgan fingerprint density at radius 2 is 2.06 bits per heavy atom. The molecule has 3 amide bonds. The van der Waals surface area contributed by atoms with E-state index in [2.05, 4.69) is 17.2 Å². The van der Waals surface area contributed by atoms with Gasteiger partial charge < -0.3 is 20.3 Å². The van der Waals surface area contributed by atoms with Crippen LogP contribution in [-0.2, 0) is 4.74 Å². The monoisotopic (exact) mass is 255 g/mol. The Labute approximate surface area is 107 Å². The van der Waals surface area contributed by atoms with Gasteiger partial charge in [0.2, 0.25) is 0 Å². The molecule has 1 saturated heterocycles. The molecule has 1 aliphatic rings. The van der Waals surface area contributed by atoms with E-state index in [1.165, 1.54) is 0 Å². The van der Waals surface area contributed by atoms with Crippen molar-refractivity contribution in [3.63, 3.8) is 0 Å². The van der Waals surface area contributed by atoms with Crippen LogP contribution in [0.15, 0.2) is 12.7 Å². The predicted octanol–water partition coefficient (Wildman–Crippen LogP) is 1.09. The Morgan fingerprint density at radius 1 is 1.44 bits per heavy atom. The third kappa shape index (κ3) is 4.65. The lowest BCUT2D eigenvalue weighted by molar-refractivity contribution is 0.00634. The lowest BCUT2D eigenvalue weighted by Crippen LogP contribution is -2.62. The minimum atomic E-state index is -0.489. The third-order valence-electron chi connectivity index (χ3n) is 2.28. The van der Waals surface area contributed by atoms with Crippen LogP contribution in [0.3, 0.4) is 0 Å². The molecule has 1 heterocycles. The molecule has 0 bridgehead atoms. The molecule has 0 aromatic heterocycles. The number of hydrogen-bond acceptors (Lipinski definition) is 3. The van der Waals surface area contributed by atoms with Crippen LogP contribution in [0.5, 0.6) is 0 Å². The maximum absolute atomic E-state index is 11.6. The van der Waals surface area contributed by atoms with E-state index in [0.717, 1.165) is 0 Å². The van der Waals surface area contributed by atoms with Crippen molar-refractivity contribution in [2.45, 2.75) is 32.4 Å². The number of amides is 3. The summed E-state index contributed by atoms with van der Waals surface area (Å²) in [6.07, 6.45) is 1.26. The first-order valence-corrected chi connectivity index (χ1v) is 5.95. The summed E-state index contributed by atoms with van der Waals surface area (Å²) < 4.78 is 5.21. The average molecular weight is 255 g/mol. The summed E-state index contributed by atoms with van der Waals surface area (Å²) >= 11 is 0. The molecule has 2 N–H and O–H groups in total. The second kappa shape index (κ2) is 5.75. The van der Waals surface area contributed by atoms with Gasteiger partial charge in [0.1, 0.15) is 5.60 Å². The fourth-order valence-electron chi connectivity index (χ4n) is 1.45. The van der Waals surface area contributed by atoms with Gasteiger partial charge in [-0.1, -0.05) is 6.08 Å². The topological polar surface area (TPSA) is 70.7 Å². The van der Waals surface area contributed by atoms with Crippen molar-refractivity contribution < 1.29 is 14.3 Å². The Morgan fingerprint density at radius 3 is 2.56 bits per heavy atom. The number of likely N-dealkylation sites (tertiary alicyclic amines) is 1. The molecule has 0 unspecified atom stereocenters. The number of urea groups is 1. The second-order valence-corrected chi connectivity index (χ2v) is 5.23. The van der Waals surface area contributed by atoms with E-state index in [0.29, 0.717) is 19.6 Å². The molecular formula is C12H21N3O3. The van der Waals surface area contributed by atoms with Crippen molar-refractivity contribution in [2.75, 3.05) is 19.6 Å². The standard InChI is InChI=1S/C12H21N3O3/c1-5-6-13-10(16)14-9-7-15(8-9)11(17)18-12(2,3)4/h5,9H,1,6-8H2,2-4H3,(H2,13,14,16). The highest BCUT2D eigenvalue weighted by atomic mass is 16.6. The number of carbonyl (C=O) groups is 2. The summed E-state index contributed by atoms with van der Waals surface area (Å²) in [6, 6.07) is -0.258. The smallest absolute Gasteiger partial charge is 0.410 e. The SMILES string of the molecule is C=CCNC(=O)NC1CN(C(=O)OC(C)(C)C)C1. The van der Waals surface area contributed by atoms with Gasteiger partial charge in [-0.2, -0.15) is 0 Å². The van der Waals surface area contributed by atoms with Crippen LogP contribution < -0.4 is 10.6 Å². The van der Waals surface area contributed by atoms with Crippen LogP contribution in [0, 0.1) is 0 Å². The quantitative estimate of drug-likeness (QED) is 0.742. The molecular weight excluding hydrogens is 234 g/mol. The lowest BCUT2D eigenvalue weighted by atomic mass is 10.1. The highest BCUT2D eigenvalue weighted by Crippen LogP contribution is 2.14. The van der Waals surface area contributed by atoms with Crippen LogP contribution in [0.25, 0.3) is 0 Å². The van der Waals surface area contributed by atoms with Crippen molar-refractivity contribution in [1.29, 1.82) is 0 Å². The summed E-state index contributed by atoms with van der Waals surface area (Å²) in [7, 11) is 0. The van der Waals surface area contributed by atoms with Gasteiger partial charge in [-0.25, -0.2) is 9.59 Å². The van der Waals surface area contributed by atoms with Crippen molar-refractivity contribution in [3.05, 3.63) is 12.7 Å². The van der Waals surface area contributed by atoms with E-state index in [1.807, 2.05) is 20.8 Å². The fraction of sp³-hybridized carbons (Fsp3) is 0.667. The number of nitrogens with one attached hydrogen (secondary N) is 2. The molecule has 0 aliphatic carbocycles. The van der Waals surface area contributed by atoms with E-state index in [-0.39, 0.29) is 18.2 Å². The largest absolute Gasteiger partial charge is 0.444 e. The highest BCUT2D eigenvalue weighted by molar-refractivity contribution is 5.75. The maximum Gasteiger partial charge on any atom is 0.410 e. The summed E-state index contributed by atoms with van der Waals surface area (Å²) in [5.74, 6) is 0. The van der Waals surface area contributed by atoms with Crippen LogP contribution in [0.2, 0.25) is 0 Å². The van der Waals surface area contributed by atoms with E-state index in [1.54, 1.807) is 11.0 Å². The lowest BCUT2D eigenvalue weighted by Gasteiger charge is -2.39. The first kappa shape index (κ1) is 14.3. The maximum atomic E-state index is 11.6. The molecule has 0 saturated carbocycles. The van der Waals surface area contributed by atoms with Gasteiger partial charge in [0, 0.05) is 19.6 Å². The first-order valence-electron chi connectivity index (χ1n) is 5.95. The first-order chi connectivity index (χ1) is 8.31. The average Bonchev–Trinajstić information content (AvgIpc) is 2.16. The number of carbonyl (C=O) groups excluding carboxylic acids is 2. The molecule has 1 aliphatic heterocycles. The fourth-order valence-corrected chi connectivity index (χ4v) is 1.45. The summed E-state index contributed by atoms with van der Waals surface area (Å²) in [5, 5.41) is 5.36. The van der Waals surface area contributed by atoms with Gasteiger partial charge in [0.05, 0.1) is 6.04 Å². The Kier molecular flexibility index (Phi) is 4.58. The molecule has 1 fully saturated rings. The van der Waals surface area contributed by atoms with Gasteiger partial charge in [0.25, 0.3) is 0 Å². The molecule has 6 heteroatoms. The normalized spacial score (nSPS) is 15.6. The molecule has 0 atom stereocenters. The predicted molar refractivity (Wildman–Crippen MR) is 68.3 cm³/mol. The Balaban J connectivity index is 2.21. The minimum absolute atomic E-state index is 0.0117. The van der Waals surface area contributed by atoms with Crippen LogP contribution in [0.4, 0.5) is 9.59 Å². The second-order valence-electron chi connectivity index (χ2n) is 5.23. The van der Waals surface area contributed by atoms with Crippen molar-refractivity contribution >= 4 is 12.1 Å². The molecule has 0 radical (unpaired) electrons. The summed E-state index contributed by atoms with van der Waals surface area (Å²) in [5.41, 5.74) is -0.489. The van der Waals surface area contributed by atoms with E-state index in [4.69, 9.17) is 4.74 Å². The zero-order chi connectivity index (χ0) is 13.8. The third-order valence-corrected chi connectivity index (χ3v) is 2.28. The van der Waals surface area contributed by atoms with Crippen LogP contribution >= 0.6 is 0 Å². The van der Waals surface area contributed by atoms with Crippen molar-refractivity contribution in [3.8, 4) is 0 Å².